The highest BCUT2D eigenvalue weighted by Crippen LogP contribution is 2.20. The van der Waals surface area contributed by atoms with Gasteiger partial charge in [-0.3, -0.25) is 14.5 Å². The Balaban J connectivity index is 1.60. The lowest BCUT2D eigenvalue weighted by atomic mass is 9.98. The Bertz CT molecular complexity index is 709. The van der Waals surface area contributed by atoms with Crippen LogP contribution >= 0.6 is 0 Å². The van der Waals surface area contributed by atoms with Crippen LogP contribution in [0.2, 0.25) is 0 Å². The van der Waals surface area contributed by atoms with Gasteiger partial charge in [0.1, 0.15) is 5.69 Å². The van der Waals surface area contributed by atoms with Crippen LogP contribution < -0.4 is 0 Å². The van der Waals surface area contributed by atoms with E-state index in [9.17, 15) is 4.79 Å². The molecule has 0 spiro atoms. The van der Waals surface area contributed by atoms with Crippen LogP contribution in [0.1, 0.15) is 48.6 Å². The third kappa shape index (κ3) is 4.61. The number of hydrogen-bond acceptors (Lipinski definition) is 5. The molecule has 1 amide bonds. The summed E-state index contributed by atoms with van der Waals surface area (Å²) in [7, 11) is 0. The van der Waals surface area contributed by atoms with Gasteiger partial charge < -0.3 is 4.90 Å². The van der Waals surface area contributed by atoms with Crippen molar-refractivity contribution in [3.63, 3.8) is 0 Å². The van der Waals surface area contributed by atoms with E-state index in [-0.39, 0.29) is 5.91 Å². The predicted octanol–water partition coefficient (Wildman–Crippen LogP) is 2.13. The van der Waals surface area contributed by atoms with Crippen molar-refractivity contribution in [3.05, 3.63) is 35.7 Å². The second-order valence-corrected chi connectivity index (χ2v) is 7.33. The Kier molecular flexibility index (Phi) is 5.40. The minimum absolute atomic E-state index is 0.0312. The van der Waals surface area contributed by atoms with Gasteiger partial charge in [0.25, 0.3) is 5.91 Å². The summed E-state index contributed by atoms with van der Waals surface area (Å²) in [6, 6.07) is 0. The van der Waals surface area contributed by atoms with Gasteiger partial charge in [-0.15, -0.1) is 5.10 Å². The van der Waals surface area contributed by atoms with Crippen LogP contribution in [0, 0.1) is 18.8 Å². The Morgan fingerprint density at radius 2 is 2.16 bits per heavy atom. The molecule has 0 aliphatic carbocycles. The molecule has 0 radical (unpaired) electrons. The monoisotopic (exact) mass is 342 g/mol. The van der Waals surface area contributed by atoms with E-state index < -0.39 is 0 Å². The molecule has 7 heteroatoms. The quantitative estimate of drug-likeness (QED) is 0.832. The molecule has 134 valence electrons. The normalized spacial score (nSPS) is 17.9. The molecule has 3 heterocycles. The van der Waals surface area contributed by atoms with Crippen LogP contribution in [0.25, 0.3) is 0 Å². The fraction of sp³-hybridized carbons (Fsp3) is 0.611. The van der Waals surface area contributed by atoms with E-state index in [0.717, 1.165) is 50.3 Å². The maximum atomic E-state index is 12.6. The standard InChI is InChI=1S/C18H26N6O/c1-13(2)7-16-12-24(22-21-16)11-15-5-4-6-23(10-15)18(25)17-9-19-14(3)8-20-17/h8-9,12-13,15H,4-7,10-11H2,1-3H3. The van der Waals surface area contributed by atoms with E-state index in [1.165, 1.54) is 0 Å². The highest BCUT2D eigenvalue weighted by Gasteiger charge is 2.26. The van der Waals surface area contributed by atoms with Crippen molar-refractivity contribution in [2.24, 2.45) is 11.8 Å². The molecule has 1 aliphatic heterocycles. The van der Waals surface area contributed by atoms with Crippen molar-refractivity contribution in [2.45, 2.75) is 46.6 Å². The molecule has 2 aromatic heterocycles. The average molecular weight is 342 g/mol. The first kappa shape index (κ1) is 17.5. The van der Waals surface area contributed by atoms with Crippen molar-refractivity contribution >= 4 is 5.91 Å². The number of piperidine rings is 1. The Hall–Kier alpha value is -2.31. The van der Waals surface area contributed by atoms with E-state index >= 15 is 0 Å². The summed E-state index contributed by atoms with van der Waals surface area (Å²) in [4.78, 5) is 22.9. The number of hydrogen-bond donors (Lipinski definition) is 0. The molecule has 0 bridgehead atoms. The second kappa shape index (κ2) is 7.72. The molecular weight excluding hydrogens is 316 g/mol. The molecule has 1 fully saturated rings. The zero-order valence-electron chi connectivity index (χ0n) is 15.2. The molecule has 1 unspecified atom stereocenters. The van der Waals surface area contributed by atoms with Crippen molar-refractivity contribution in [3.8, 4) is 0 Å². The molecule has 0 N–H and O–H groups in total. The summed E-state index contributed by atoms with van der Waals surface area (Å²) in [5.74, 6) is 0.935. The number of rotatable bonds is 5. The third-order valence-electron chi connectivity index (χ3n) is 4.46. The van der Waals surface area contributed by atoms with Crippen molar-refractivity contribution in [1.82, 2.24) is 29.9 Å². The lowest BCUT2D eigenvalue weighted by Crippen LogP contribution is -2.41. The van der Waals surface area contributed by atoms with Gasteiger partial charge in [-0.2, -0.15) is 0 Å². The molecule has 1 saturated heterocycles. The van der Waals surface area contributed by atoms with E-state index in [4.69, 9.17) is 0 Å². The molecule has 3 rings (SSSR count). The van der Waals surface area contributed by atoms with Gasteiger partial charge in [0.2, 0.25) is 0 Å². The predicted molar refractivity (Wildman–Crippen MR) is 94.0 cm³/mol. The first-order valence-corrected chi connectivity index (χ1v) is 8.98. The molecule has 25 heavy (non-hydrogen) atoms. The third-order valence-corrected chi connectivity index (χ3v) is 4.46. The van der Waals surface area contributed by atoms with E-state index in [1.54, 1.807) is 12.4 Å². The number of likely N-dealkylation sites (tertiary alicyclic amines) is 1. The Labute approximate surface area is 148 Å². The summed E-state index contributed by atoms with van der Waals surface area (Å²) < 4.78 is 1.92. The zero-order valence-corrected chi connectivity index (χ0v) is 15.2. The van der Waals surface area contributed by atoms with Crippen LogP contribution in [-0.4, -0.2) is 48.9 Å². The smallest absolute Gasteiger partial charge is 0.274 e. The average Bonchev–Trinajstić information content (AvgIpc) is 3.01. The topological polar surface area (TPSA) is 76.8 Å². The minimum atomic E-state index is -0.0312. The molecule has 1 aliphatic rings. The first-order chi connectivity index (χ1) is 12.0. The molecule has 0 aromatic carbocycles. The van der Waals surface area contributed by atoms with Crippen LogP contribution in [0.5, 0.6) is 0 Å². The lowest BCUT2D eigenvalue weighted by molar-refractivity contribution is 0.0653. The van der Waals surface area contributed by atoms with E-state index in [2.05, 4.69) is 34.1 Å². The highest BCUT2D eigenvalue weighted by molar-refractivity contribution is 5.92. The number of carbonyl (C=O) groups excluding carboxylic acids is 1. The number of aryl methyl sites for hydroxylation is 1. The fourth-order valence-electron chi connectivity index (χ4n) is 3.27. The SMILES string of the molecule is Cc1cnc(C(=O)N2CCCC(Cn3cc(CC(C)C)nn3)C2)cn1. The van der Waals surface area contributed by atoms with Crippen molar-refractivity contribution < 1.29 is 4.79 Å². The maximum Gasteiger partial charge on any atom is 0.274 e. The number of carbonyl (C=O) groups is 1. The number of aromatic nitrogens is 5. The van der Waals surface area contributed by atoms with Gasteiger partial charge in [-0.1, -0.05) is 19.1 Å². The first-order valence-electron chi connectivity index (χ1n) is 8.98. The molecule has 2 aromatic rings. The Morgan fingerprint density at radius 3 is 2.88 bits per heavy atom. The van der Waals surface area contributed by atoms with Crippen molar-refractivity contribution in [1.29, 1.82) is 0 Å². The zero-order chi connectivity index (χ0) is 17.8. The molecule has 1 atom stereocenters. The second-order valence-electron chi connectivity index (χ2n) is 7.33. The molecular formula is C18H26N6O. The molecule has 0 saturated carbocycles. The van der Waals surface area contributed by atoms with Crippen LogP contribution in [-0.2, 0) is 13.0 Å². The summed E-state index contributed by atoms with van der Waals surface area (Å²) in [5.41, 5.74) is 2.27. The Morgan fingerprint density at radius 1 is 1.32 bits per heavy atom. The summed E-state index contributed by atoms with van der Waals surface area (Å²) in [6.07, 6.45) is 8.29. The van der Waals surface area contributed by atoms with Crippen LogP contribution in [0.4, 0.5) is 0 Å². The van der Waals surface area contributed by atoms with Crippen molar-refractivity contribution in [2.75, 3.05) is 13.1 Å². The molecule has 7 nitrogen and oxygen atoms in total. The van der Waals surface area contributed by atoms with Gasteiger partial charge in [-0.05, 0) is 38.0 Å². The summed E-state index contributed by atoms with van der Waals surface area (Å²) >= 11 is 0. The fourth-order valence-corrected chi connectivity index (χ4v) is 3.27. The minimum Gasteiger partial charge on any atom is -0.337 e. The van der Waals surface area contributed by atoms with Gasteiger partial charge in [0.05, 0.1) is 17.6 Å². The van der Waals surface area contributed by atoms with Gasteiger partial charge in [0, 0.05) is 32.0 Å². The summed E-state index contributed by atoms with van der Waals surface area (Å²) in [6.45, 7) is 8.53. The maximum absolute atomic E-state index is 12.6. The van der Waals surface area contributed by atoms with E-state index in [0.29, 0.717) is 17.5 Å². The highest BCUT2D eigenvalue weighted by atomic mass is 16.2. The van der Waals surface area contributed by atoms with Crippen LogP contribution in [0.15, 0.2) is 18.6 Å². The lowest BCUT2D eigenvalue weighted by Gasteiger charge is -2.32. The number of nitrogens with zero attached hydrogens (tertiary/aromatic N) is 6. The summed E-state index contributed by atoms with van der Waals surface area (Å²) in [5, 5.41) is 8.49. The van der Waals surface area contributed by atoms with E-state index in [1.807, 2.05) is 22.7 Å². The van der Waals surface area contributed by atoms with Gasteiger partial charge in [-0.25, -0.2) is 4.98 Å². The number of amides is 1. The largest absolute Gasteiger partial charge is 0.337 e. The van der Waals surface area contributed by atoms with Gasteiger partial charge >= 0.3 is 0 Å². The van der Waals surface area contributed by atoms with Crippen LogP contribution in [0.3, 0.4) is 0 Å². The van der Waals surface area contributed by atoms with Gasteiger partial charge in [0.15, 0.2) is 0 Å².